The van der Waals surface area contributed by atoms with Crippen molar-refractivity contribution >= 4 is 32.5 Å². The van der Waals surface area contributed by atoms with Crippen molar-refractivity contribution in [2.75, 3.05) is 13.2 Å². The van der Waals surface area contributed by atoms with Gasteiger partial charge in [-0.3, -0.25) is 4.98 Å². The summed E-state index contributed by atoms with van der Waals surface area (Å²) < 4.78 is 21.8. The quantitative estimate of drug-likeness (QED) is 0.503. The molecule has 0 aliphatic carbocycles. The molecule has 4 aromatic rings. The molecule has 1 atom stereocenters. The zero-order valence-corrected chi connectivity index (χ0v) is 17.4. The van der Waals surface area contributed by atoms with Crippen molar-refractivity contribution < 1.29 is 9.13 Å². The largest absolute Gasteiger partial charge is 0.380 e. The molecule has 4 heterocycles. The van der Waals surface area contributed by atoms with Crippen molar-refractivity contribution in [2.24, 2.45) is 0 Å². The van der Waals surface area contributed by atoms with Crippen molar-refractivity contribution in [3.05, 3.63) is 58.3 Å². The highest BCUT2D eigenvalue weighted by atomic mass is 79.9. The van der Waals surface area contributed by atoms with Gasteiger partial charge in [0.15, 0.2) is 5.65 Å². The van der Waals surface area contributed by atoms with Crippen LogP contribution in [-0.2, 0) is 11.3 Å². The second-order valence-corrected chi connectivity index (χ2v) is 8.05. The Morgan fingerprint density at radius 1 is 1.31 bits per heavy atom. The number of aryl methyl sites for hydroxylation is 1. The van der Waals surface area contributed by atoms with Crippen molar-refractivity contribution in [2.45, 2.75) is 25.9 Å². The smallest absolute Gasteiger partial charge is 0.163 e. The first-order chi connectivity index (χ1) is 14.1. The predicted molar refractivity (Wildman–Crippen MR) is 112 cm³/mol. The van der Waals surface area contributed by atoms with Gasteiger partial charge in [-0.15, -0.1) is 0 Å². The van der Waals surface area contributed by atoms with E-state index in [0.717, 1.165) is 63.2 Å². The minimum atomic E-state index is -0.279. The second-order valence-electron chi connectivity index (χ2n) is 7.25. The molecule has 8 heteroatoms. The van der Waals surface area contributed by atoms with Crippen molar-refractivity contribution in [3.8, 4) is 11.1 Å². The fourth-order valence-corrected chi connectivity index (χ4v) is 4.08. The Morgan fingerprint density at radius 2 is 2.21 bits per heavy atom. The van der Waals surface area contributed by atoms with E-state index < -0.39 is 0 Å². The highest BCUT2D eigenvalue weighted by Crippen LogP contribution is 2.29. The Labute approximate surface area is 175 Å². The van der Waals surface area contributed by atoms with Crippen LogP contribution < -0.4 is 5.32 Å². The maximum absolute atomic E-state index is 13.6. The summed E-state index contributed by atoms with van der Waals surface area (Å²) in [5, 5.41) is 8.77. The first-order valence-corrected chi connectivity index (χ1v) is 10.3. The van der Waals surface area contributed by atoms with E-state index in [1.165, 1.54) is 12.1 Å². The van der Waals surface area contributed by atoms with Gasteiger partial charge in [0.05, 0.1) is 34.2 Å². The number of benzene rings is 1. The van der Waals surface area contributed by atoms with Crippen LogP contribution in [0.2, 0.25) is 0 Å². The molecule has 29 heavy (non-hydrogen) atoms. The average molecular weight is 456 g/mol. The van der Waals surface area contributed by atoms with Gasteiger partial charge >= 0.3 is 0 Å². The van der Waals surface area contributed by atoms with E-state index in [1.54, 1.807) is 18.5 Å². The molecule has 0 amide bonds. The number of hydrogen-bond donors (Lipinski definition) is 1. The summed E-state index contributed by atoms with van der Waals surface area (Å²) in [6.45, 7) is 4.17. The Balaban J connectivity index is 1.57. The number of ether oxygens (including phenoxy) is 1. The Morgan fingerprint density at radius 3 is 3.03 bits per heavy atom. The first-order valence-electron chi connectivity index (χ1n) is 9.49. The summed E-state index contributed by atoms with van der Waals surface area (Å²) in [4.78, 5) is 9.35. The van der Waals surface area contributed by atoms with Crippen LogP contribution in [0.15, 0.2) is 41.1 Å². The zero-order chi connectivity index (χ0) is 20.0. The molecule has 1 aromatic carbocycles. The number of halogens is 2. The van der Waals surface area contributed by atoms with E-state index in [-0.39, 0.29) is 5.82 Å². The topological polar surface area (TPSA) is 64.3 Å². The normalized spacial score (nSPS) is 16.9. The lowest BCUT2D eigenvalue weighted by molar-refractivity contribution is 0.189. The fourth-order valence-electron chi connectivity index (χ4n) is 3.68. The third-order valence-electron chi connectivity index (χ3n) is 5.32. The van der Waals surface area contributed by atoms with Crippen LogP contribution in [0.3, 0.4) is 0 Å². The molecule has 0 saturated carbocycles. The van der Waals surface area contributed by atoms with Crippen molar-refractivity contribution in [1.82, 2.24) is 24.9 Å². The van der Waals surface area contributed by atoms with Crippen LogP contribution in [-0.4, -0.2) is 38.8 Å². The van der Waals surface area contributed by atoms with Crippen LogP contribution in [0, 0.1) is 12.7 Å². The Bertz CT molecular complexity index is 1220. The molecule has 1 fully saturated rings. The number of rotatable bonds is 4. The highest BCUT2D eigenvalue weighted by molar-refractivity contribution is 9.10. The van der Waals surface area contributed by atoms with Crippen LogP contribution in [0.5, 0.6) is 0 Å². The van der Waals surface area contributed by atoms with E-state index in [0.29, 0.717) is 12.6 Å². The van der Waals surface area contributed by atoms with Gasteiger partial charge in [-0.2, -0.15) is 5.10 Å². The van der Waals surface area contributed by atoms with Crippen LogP contribution >= 0.6 is 15.9 Å². The van der Waals surface area contributed by atoms with E-state index in [1.807, 2.05) is 17.5 Å². The molecule has 0 bridgehead atoms. The van der Waals surface area contributed by atoms with Gasteiger partial charge in [0, 0.05) is 41.9 Å². The van der Waals surface area contributed by atoms with Crippen molar-refractivity contribution in [1.29, 1.82) is 0 Å². The molecule has 1 N–H and O–H groups in total. The number of nitrogens with one attached hydrogen (secondary N) is 1. The molecule has 3 aromatic heterocycles. The lowest BCUT2D eigenvalue weighted by atomic mass is 10.1. The van der Waals surface area contributed by atoms with Gasteiger partial charge in [-0.25, -0.2) is 13.9 Å². The van der Waals surface area contributed by atoms with E-state index in [2.05, 4.69) is 31.3 Å². The summed E-state index contributed by atoms with van der Waals surface area (Å²) in [5.74, 6) is -0.279. The fraction of sp³-hybridized carbons (Fsp3) is 0.286. The lowest BCUT2D eigenvalue weighted by Crippen LogP contribution is -2.29. The zero-order valence-electron chi connectivity index (χ0n) is 15.8. The van der Waals surface area contributed by atoms with Gasteiger partial charge in [0.2, 0.25) is 0 Å². The Hall–Kier alpha value is -2.42. The van der Waals surface area contributed by atoms with Gasteiger partial charge in [0.1, 0.15) is 5.82 Å². The van der Waals surface area contributed by atoms with E-state index in [9.17, 15) is 4.39 Å². The third-order valence-corrected chi connectivity index (χ3v) is 6.35. The van der Waals surface area contributed by atoms with E-state index >= 15 is 0 Å². The summed E-state index contributed by atoms with van der Waals surface area (Å²) in [5.41, 5.74) is 5.12. The lowest BCUT2D eigenvalue weighted by Gasteiger charge is -2.13. The predicted octanol–water partition coefficient (Wildman–Crippen LogP) is 4.03. The summed E-state index contributed by atoms with van der Waals surface area (Å²) >= 11 is 3.67. The number of nitrogens with zero attached hydrogens (tertiary/aromatic N) is 4. The van der Waals surface area contributed by atoms with E-state index in [4.69, 9.17) is 9.72 Å². The molecule has 1 aliphatic rings. The van der Waals surface area contributed by atoms with Crippen molar-refractivity contribution in [3.63, 3.8) is 0 Å². The summed E-state index contributed by atoms with van der Waals surface area (Å²) in [7, 11) is 0. The first kappa shape index (κ1) is 18.6. The third kappa shape index (κ3) is 3.41. The molecular formula is C21H19BrFN5O. The number of fused-ring (bicyclic) bond motifs is 2. The molecule has 1 saturated heterocycles. The molecule has 5 rings (SSSR count). The van der Waals surface area contributed by atoms with Crippen LogP contribution in [0.25, 0.3) is 27.7 Å². The number of pyridine rings is 1. The average Bonchev–Trinajstić information content (AvgIpc) is 3.39. The van der Waals surface area contributed by atoms with Gasteiger partial charge in [-0.1, -0.05) is 0 Å². The monoisotopic (exact) mass is 455 g/mol. The standard InChI is InChI=1S/C21H19BrFN5O/c1-12-20(22)19(10-24-16-4-5-29-11-16)27-21-17(9-26-28(12)21)14-6-13-7-15(23)2-3-18(13)25-8-14/h2-3,6-9,16,24H,4-5,10-11H2,1H3. The molecule has 0 radical (unpaired) electrons. The molecule has 1 aliphatic heterocycles. The van der Waals surface area contributed by atoms with Gasteiger partial charge < -0.3 is 10.1 Å². The summed E-state index contributed by atoms with van der Waals surface area (Å²) in [6, 6.07) is 6.87. The van der Waals surface area contributed by atoms with Gasteiger partial charge in [0.25, 0.3) is 0 Å². The SMILES string of the molecule is Cc1c(Br)c(CNC2CCOC2)nc2c(-c3cnc4ccc(F)cc4c3)cnn12. The summed E-state index contributed by atoms with van der Waals surface area (Å²) in [6.07, 6.45) is 4.58. The maximum Gasteiger partial charge on any atom is 0.163 e. The van der Waals surface area contributed by atoms with Crippen LogP contribution in [0.1, 0.15) is 17.8 Å². The highest BCUT2D eigenvalue weighted by Gasteiger charge is 2.19. The minimum absolute atomic E-state index is 0.279. The molecule has 0 spiro atoms. The second kappa shape index (κ2) is 7.44. The maximum atomic E-state index is 13.6. The van der Waals surface area contributed by atoms with Gasteiger partial charge in [-0.05, 0) is 53.5 Å². The molecule has 1 unspecified atom stereocenters. The Kier molecular flexibility index (Phi) is 4.77. The molecule has 6 nitrogen and oxygen atoms in total. The van der Waals surface area contributed by atoms with Crippen LogP contribution in [0.4, 0.5) is 4.39 Å². The number of aromatic nitrogens is 4. The molecule has 148 valence electrons. The minimum Gasteiger partial charge on any atom is -0.380 e. The molecular weight excluding hydrogens is 437 g/mol. The number of hydrogen-bond acceptors (Lipinski definition) is 5.